The van der Waals surface area contributed by atoms with Gasteiger partial charge in [0.25, 0.3) is 0 Å². The Balaban J connectivity index is 1.89. The van der Waals surface area contributed by atoms with Crippen molar-refractivity contribution in [3.63, 3.8) is 0 Å². The van der Waals surface area contributed by atoms with Gasteiger partial charge in [-0.2, -0.15) is 0 Å². The average molecular weight is 377 g/mol. The standard InChI is InChI=1S/C23H21ClN2O/c1-15-22(18-7-3-5-9-20(18)25-15)23(19-8-4-6-10-21(19)27-2)26-17-13-11-16(24)12-14-17/h3-14,23,25-26H,1-2H3/t23-/m1/s1. The highest BCUT2D eigenvalue weighted by Crippen LogP contribution is 2.38. The number of aromatic amines is 1. The molecule has 3 nitrogen and oxygen atoms in total. The van der Waals surface area contributed by atoms with E-state index >= 15 is 0 Å². The Morgan fingerprint density at radius 1 is 0.926 bits per heavy atom. The fraction of sp³-hybridized carbons (Fsp3) is 0.130. The highest BCUT2D eigenvalue weighted by atomic mass is 35.5. The van der Waals surface area contributed by atoms with Crippen LogP contribution in [-0.4, -0.2) is 12.1 Å². The summed E-state index contributed by atoms with van der Waals surface area (Å²) in [5.41, 5.74) is 5.56. The SMILES string of the molecule is COc1ccccc1[C@@H](Nc1ccc(Cl)cc1)c1c(C)[nH]c2ccccc12. The minimum Gasteiger partial charge on any atom is -0.496 e. The molecular weight excluding hydrogens is 356 g/mol. The largest absolute Gasteiger partial charge is 0.496 e. The van der Waals surface area contributed by atoms with Gasteiger partial charge >= 0.3 is 0 Å². The first kappa shape index (κ1) is 17.5. The molecule has 2 N–H and O–H groups in total. The first-order chi connectivity index (χ1) is 13.2. The van der Waals surface area contributed by atoms with Crippen molar-refractivity contribution in [3.8, 4) is 5.75 Å². The number of hydrogen-bond acceptors (Lipinski definition) is 2. The molecule has 0 aliphatic rings. The first-order valence-electron chi connectivity index (χ1n) is 8.89. The van der Waals surface area contributed by atoms with Crippen LogP contribution in [0.1, 0.15) is 22.9 Å². The van der Waals surface area contributed by atoms with Gasteiger partial charge in [0.15, 0.2) is 0 Å². The van der Waals surface area contributed by atoms with Crippen LogP contribution in [0.3, 0.4) is 0 Å². The number of hydrogen-bond donors (Lipinski definition) is 2. The zero-order valence-corrected chi connectivity index (χ0v) is 16.0. The number of methoxy groups -OCH3 is 1. The van der Waals surface area contributed by atoms with Gasteiger partial charge in [0.05, 0.1) is 13.2 Å². The fourth-order valence-electron chi connectivity index (χ4n) is 3.59. The lowest BCUT2D eigenvalue weighted by Crippen LogP contribution is -2.14. The van der Waals surface area contributed by atoms with Gasteiger partial charge in [-0.1, -0.05) is 48.0 Å². The van der Waals surface area contributed by atoms with Gasteiger partial charge in [0.2, 0.25) is 0 Å². The normalized spacial score (nSPS) is 12.1. The Bertz CT molecular complexity index is 1070. The van der Waals surface area contributed by atoms with Gasteiger partial charge in [0, 0.05) is 38.4 Å². The maximum atomic E-state index is 6.06. The van der Waals surface area contributed by atoms with Crippen molar-refractivity contribution in [1.82, 2.24) is 4.98 Å². The Morgan fingerprint density at radius 2 is 1.63 bits per heavy atom. The molecule has 0 saturated heterocycles. The van der Waals surface area contributed by atoms with Crippen LogP contribution in [-0.2, 0) is 0 Å². The number of fused-ring (bicyclic) bond motifs is 1. The van der Waals surface area contributed by atoms with Gasteiger partial charge in [-0.3, -0.25) is 0 Å². The summed E-state index contributed by atoms with van der Waals surface area (Å²) < 4.78 is 5.66. The third-order valence-corrected chi connectivity index (χ3v) is 5.09. The predicted octanol–water partition coefficient (Wildman–Crippen LogP) is 6.34. The van der Waals surface area contributed by atoms with Gasteiger partial charge in [0.1, 0.15) is 5.75 Å². The summed E-state index contributed by atoms with van der Waals surface area (Å²) in [6.45, 7) is 2.11. The topological polar surface area (TPSA) is 37.0 Å². The molecule has 0 unspecified atom stereocenters. The molecule has 3 aromatic carbocycles. The summed E-state index contributed by atoms with van der Waals surface area (Å²) in [6.07, 6.45) is 0. The number of H-pyrrole nitrogens is 1. The van der Waals surface area contributed by atoms with Gasteiger partial charge < -0.3 is 15.0 Å². The number of ether oxygens (including phenoxy) is 1. The molecule has 1 atom stereocenters. The summed E-state index contributed by atoms with van der Waals surface area (Å²) in [5, 5.41) is 5.60. The van der Waals surface area contributed by atoms with Crippen molar-refractivity contribution >= 4 is 28.2 Å². The van der Waals surface area contributed by atoms with Crippen LogP contribution >= 0.6 is 11.6 Å². The minimum absolute atomic E-state index is 0.0709. The Kier molecular flexibility index (Phi) is 4.78. The number of nitrogens with one attached hydrogen (secondary N) is 2. The molecule has 0 radical (unpaired) electrons. The minimum atomic E-state index is -0.0709. The van der Waals surface area contributed by atoms with Crippen LogP contribution in [0.15, 0.2) is 72.8 Å². The number of aryl methyl sites for hydroxylation is 1. The Labute approximate surface area is 163 Å². The number of anilines is 1. The molecule has 4 rings (SSSR count). The third kappa shape index (κ3) is 3.38. The van der Waals surface area contributed by atoms with E-state index in [4.69, 9.17) is 16.3 Å². The first-order valence-corrected chi connectivity index (χ1v) is 9.27. The van der Waals surface area contributed by atoms with Crippen molar-refractivity contribution in [3.05, 3.63) is 94.6 Å². The van der Waals surface area contributed by atoms with Gasteiger partial charge in [-0.15, -0.1) is 0 Å². The molecule has 1 aromatic heterocycles. The lowest BCUT2D eigenvalue weighted by Gasteiger charge is -2.23. The monoisotopic (exact) mass is 376 g/mol. The zero-order valence-electron chi connectivity index (χ0n) is 15.3. The molecule has 1 heterocycles. The third-order valence-electron chi connectivity index (χ3n) is 4.84. The quantitative estimate of drug-likeness (QED) is 0.426. The van der Waals surface area contributed by atoms with E-state index < -0.39 is 0 Å². The molecule has 0 fully saturated rings. The second-order valence-corrected chi connectivity index (χ2v) is 6.97. The second-order valence-electron chi connectivity index (χ2n) is 6.54. The molecule has 0 amide bonds. The van der Waals surface area contributed by atoms with E-state index in [2.05, 4.69) is 41.5 Å². The smallest absolute Gasteiger partial charge is 0.124 e. The van der Waals surface area contributed by atoms with Crippen LogP contribution in [0.5, 0.6) is 5.75 Å². The molecule has 136 valence electrons. The maximum Gasteiger partial charge on any atom is 0.124 e. The summed E-state index contributed by atoms with van der Waals surface area (Å²) in [6, 6.07) is 24.2. The lowest BCUT2D eigenvalue weighted by atomic mass is 9.95. The van der Waals surface area contributed by atoms with Gasteiger partial charge in [-0.05, 0) is 43.3 Å². The van der Waals surface area contributed by atoms with E-state index in [0.29, 0.717) is 0 Å². The number of halogens is 1. The second kappa shape index (κ2) is 7.37. The molecule has 0 aliphatic heterocycles. The Morgan fingerprint density at radius 3 is 2.41 bits per heavy atom. The summed E-state index contributed by atoms with van der Waals surface area (Å²) in [5.74, 6) is 0.855. The van der Waals surface area contributed by atoms with Crippen molar-refractivity contribution in [2.75, 3.05) is 12.4 Å². The molecule has 0 bridgehead atoms. The van der Waals surface area contributed by atoms with Gasteiger partial charge in [-0.25, -0.2) is 0 Å². The predicted molar refractivity (Wildman–Crippen MR) is 113 cm³/mol. The number of para-hydroxylation sites is 2. The van der Waals surface area contributed by atoms with Crippen molar-refractivity contribution in [1.29, 1.82) is 0 Å². The summed E-state index contributed by atoms with van der Waals surface area (Å²) in [4.78, 5) is 3.51. The molecule has 4 aromatic rings. The fourth-order valence-corrected chi connectivity index (χ4v) is 3.72. The highest BCUT2D eigenvalue weighted by Gasteiger charge is 2.23. The van der Waals surface area contributed by atoms with Crippen LogP contribution in [0.4, 0.5) is 5.69 Å². The maximum absolute atomic E-state index is 6.06. The summed E-state index contributed by atoms with van der Waals surface area (Å²) >= 11 is 6.06. The van der Waals surface area contributed by atoms with E-state index in [1.165, 1.54) is 10.9 Å². The highest BCUT2D eigenvalue weighted by molar-refractivity contribution is 6.30. The van der Waals surface area contributed by atoms with Crippen LogP contribution in [0.2, 0.25) is 5.02 Å². The molecule has 4 heteroatoms. The molecule has 0 aliphatic carbocycles. The average Bonchev–Trinajstić information content (AvgIpc) is 3.03. The molecule has 0 saturated carbocycles. The summed E-state index contributed by atoms with van der Waals surface area (Å²) in [7, 11) is 1.71. The molecule has 0 spiro atoms. The number of benzene rings is 3. The van der Waals surface area contributed by atoms with Crippen molar-refractivity contribution in [2.24, 2.45) is 0 Å². The van der Waals surface area contributed by atoms with E-state index in [1.54, 1.807) is 7.11 Å². The van der Waals surface area contributed by atoms with Crippen LogP contribution in [0.25, 0.3) is 10.9 Å². The van der Waals surface area contributed by atoms with E-state index in [-0.39, 0.29) is 6.04 Å². The Hall–Kier alpha value is -2.91. The molecule has 27 heavy (non-hydrogen) atoms. The van der Waals surface area contributed by atoms with Crippen molar-refractivity contribution in [2.45, 2.75) is 13.0 Å². The van der Waals surface area contributed by atoms with Crippen LogP contribution in [0, 0.1) is 6.92 Å². The van der Waals surface area contributed by atoms with Crippen LogP contribution < -0.4 is 10.1 Å². The van der Waals surface area contributed by atoms with Crippen molar-refractivity contribution < 1.29 is 4.74 Å². The van der Waals surface area contributed by atoms with E-state index in [0.717, 1.165) is 33.2 Å². The zero-order chi connectivity index (χ0) is 18.8. The van der Waals surface area contributed by atoms with E-state index in [9.17, 15) is 0 Å². The number of aromatic nitrogens is 1. The number of rotatable bonds is 5. The molecular formula is C23H21ClN2O. The lowest BCUT2D eigenvalue weighted by molar-refractivity contribution is 0.408. The van der Waals surface area contributed by atoms with E-state index in [1.807, 2.05) is 48.5 Å².